The average Bonchev–Trinajstić information content (AvgIpc) is 2.81. The van der Waals surface area contributed by atoms with E-state index in [-0.39, 0.29) is 20.1 Å². The van der Waals surface area contributed by atoms with Gasteiger partial charge >= 0.3 is 0 Å². The maximum Gasteiger partial charge on any atom is 0.0727 e. The van der Waals surface area contributed by atoms with E-state index in [1.807, 2.05) is 60.8 Å². The van der Waals surface area contributed by atoms with Crippen molar-refractivity contribution >= 4 is 13.3 Å². The SMILES string of the molecule is C[Si]1(C)CCCc2ccnc(-c3[c-]cccc3)c21.[Ir].[c-]1ccccc1-c1ccccn1. The van der Waals surface area contributed by atoms with Gasteiger partial charge in [-0.25, -0.2) is 0 Å². The molecule has 2 nitrogen and oxygen atoms in total. The summed E-state index contributed by atoms with van der Waals surface area (Å²) in [6, 6.07) is 31.9. The quantitative estimate of drug-likeness (QED) is 0.210. The van der Waals surface area contributed by atoms with Crippen molar-refractivity contribution in [3.63, 3.8) is 0 Å². The Kier molecular flexibility index (Phi) is 8.08. The molecule has 2 aromatic heterocycles. The fourth-order valence-corrected chi connectivity index (χ4v) is 7.36. The average molecular weight is 599 g/mol. The number of aromatic nitrogens is 2. The summed E-state index contributed by atoms with van der Waals surface area (Å²) in [5.41, 5.74) is 5.87. The van der Waals surface area contributed by atoms with Crippen molar-refractivity contribution < 1.29 is 20.1 Å². The third-order valence-electron chi connectivity index (χ3n) is 5.58. The minimum Gasteiger partial charge on any atom is -0.305 e. The van der Waals surface area contributed by atoms with Crippen LogP contribution in [0.3, 0.4) is 0 Å². The first-order valence-corrected chi connectivity index (χ1v) is 13.7. The molecular weight excluding hydrogens is 573 g/mol. The molecule has 0 saturated heterocycles. The summed E-state index contributed by atoms with van der Waals surface area (Å²) in [5, 5.41) is 1.57. The predicted octanol–water partition coefficient (Wildman–Crippen LogP) is 5.96. The molecule has 4 aromatic rings. The van der Waals surface area contributed by atoms with Crippen molar-refractivity contribution in [3.8, 4) is 22.5 Å². The molecule has 5 rings (SSSR count). The first kappa shape index (κ1) is 23.3. The molecule has 1 aliphatic rings. The second kappa shape index (κ2) is 10.8. The van der Waals surface area contributed by atoms with E-state index in [1.165, 1.54) is 30.1 Å². The van der Waals surface area contributed by atoms with E-state index in [2.05, 4.69) is 53.4 Å². The zero-order chi connectivity index (χ0) is 20.8. The van der Waals surface area contributed by atoms with Gasteiger partial charge in [0.15, 0.2) is 0 Å². The van der Waals surface area contributed by atoms with Crippen molar-refractivity contribution in [2.24, 2.45) is 0 Å². The van der Waals surface area contributed by atoms with Crippen molar-refractivity contribution in [1.29, 1.82) is 0 Å². The van der Waals surface area contributed by atoms with E-state index in [0.717, 1.165) is 16.8 Å². The molecule has 0 N–H and O–H groups in total. The summed E-state index contributed by atoms with van der Waals surface area (Å²) in [6.45, 7) is 4.94. The normalized spacial score (nSPS) is 13.7. The van der Waals surface area contributed by atoms with Gasteiger partial charge in [0.2, 0.25) is 0 Å². The molecule has 0 saturated carbocycles. The van der Waals surface area contributed by atoms with Gasteiger partial charge in [-0.1, -0.05) is 48.4 Å². The van der Waals surface area contributed by atoms with Crippen LogP contribution in [0.25, 0.3) is 22.5 Å². The summed E-state index contributed by atoms with van der Waals surface area (Å²) in [7, 11) is -1.32. The van der Waals surface area contributed by atoms with Gasteiger partial charge in [0.25, 0.3) is 0 Å². The van der Waals surface area contributed by atoms with Crippen molar-refractivity contribution in [3.05, 3.63) is 103 Å². The van der Waals surface area contributed by atoms with E-state index < -0.39 is 8.07 Å². The van der Waals surface area contributed by atoms with E-state index in [9.17, 15) is 0 Å². The van der Waals surface area contributed by atoms with Crippen LogP contribution in [0.2, 0.25) is 19.1 Å². The fraction of sp³-hybridized carbons (Fsp3) is 0.185. The van der Waals surface area contributed by atoms with Gasteiger partial charge in [0.05, 0.1) is 8.07 Å². The molecule has 4 heteroatoms. The molecule has 1 aliphatic heterocycles. The van der Waals surface area contributed by atoms with Gasteiger partial charge in [-0.15, -0.1) is 71.8 Å². The summed E-state index contributed by atoms with van der Waals surface area (Å²) in [5.74, 6) is 0. The van der Waals surface area contributed by atoms with Crippen molar-refractivity contribution in [1.82, 2.24) is 9.97 Å². The Balaban J connectivity index is 0.000000183. The van der Waals surface area contributed by atoms with E-state index in [1.54, 1.807) is 11.4 Å². The number of nitrogens with zero attached hydrogens (tertiary/aromatic N) is 2. The number of hydrogen-bond donors (Lipinski definition) is 0. The Labute approximate surface area is 200 Å². The molecule has 0 aliphatic carbocycles. The van der Waals surface area contributed by atoms with Gasteiger partial charge in [-0.05, 0) is 29.9 Å². The molecule has 3 heterocycles. The molecule has 2 aromatic carbocycles. The minimum atomic E-state index is -1.32. The van der Waals surface area contributed by atoms with Crippen LogP contribution in [0.5, 0.6) is 0 Å². The maximum atomic E-state index is 4.66. The van der Waals surface area contributed by atoms with Crippen LogP contribution < -0.4 is 5.19 Å². The number of hydrogen-bond acceptors (Lipinski definition) is 2. The van der Waals surface area contributed by atoms with Crippen molar-refractivity contribution in [2.45, 2.75) is 32.0 Å². The Bertz CT molecular complexity index is 1050. The van der Waals surface area contributed by atoms with Crippen LogP contribution in [0, 0.1) is 12.1 Å². The molecule has 31 heavy (non-hydrogen) atoms. The Morgan fingerprint density at radius 2 is 1.48 bits per heavy atom. The van der Waals surface area contributed by atoms with Gasteiger partial charge in [0, 0.05) is 32.5 Å². The van der Waals surface area contributed by atoms with Gasteiger partial charge in [-0.3, -0.25) is 0 Å². The first-order chi connectivity index (χ1) is 14.6. The molecule has 0 bridgehead atoms. The number of aryl methyl sites for hydroxylation is 1. The second-order valence-electron chi connectivity index (χ2n) is 8.20. The standard InChI is InChI=1S/C16H18NSi.C11H8N.Ir/c1-18(2)12-6-9-14-10-11-17-15(16(14)18)13-7-4-3-5-8-13;1-2-6-10(7-3-1)11-8-4-5-9-12-11;/h3-5,7,10-11H,6,9,12H2,1-2H3;1-6,8-9H;/q2*-1;. The molecular formula is C27H26IrN2Si-2. The van der Waals surface area contributed by atoms with Gasteiger partial charge < -0.3 is 9.97 Å². The number of pyridine rings is 2. The zero-order valence-corrected chi connectivity index (χ0v) is 21.3. The zero-order valence-electron chi connectivity index (χ0n) is 17.9. The monoisotopic (exact) mass is 599 g/mol. The summed E-state index contributed by atoms with van der Waals surface area (Å²) in [4.78, 5) is 8.88. The van der Waals surface area contributed by atoms with Gasteiger partial charge in [-0.2, -0.15) is 0 Å². The number of fused-ring (bicyclic) bond motifs is 1. The molecule has 0 unspecified atom stereocenters. The molecule has 1 radical (unpaired) electrons. The Morgan fingerprint density at radius 1 is 0.774 bits per heavy atom. The Morgan fingerprint density at radius 3 is 2.13 bits per heavy atom. The minimum absolute atomic E-state index is 0. The molecule has 159 valence electrons. The summed E-state index contributed by atoms with van der Waals surface area (Å²) >= 11 is 0. The van der Waals surface area contributed by atoms with Crippen LogP contribution in [0.4, 0.5) is 0 Å². The van der Waals surface area contributed by atoms with Crippen LogP contribution in [0.1, 0.15) is 12.0 Å². The third kappa shape index (κ3) is 5.65. The number of rotatable bonds is 2. The molecule has 0 fully saturated rings. The van der Waals surface area contributed by atoms with Crippen LogP contribution in [0.15, 0.2) is 85.2 Å². The smallest absolute Gasteiger partial charge is 0.0727 e. The largest absolute Gasteiger partial charge is 0.305 e. The first-order valence-electron chi connectivity index (χ1n) is 10.5. The topological polar surface area (TPSA) is 25.8 Å². The van der Waals surface area contributed by atoms with E-state index in [4.69, 9.17) is 0 Å². The number of benzene rings is 2. The third-order valence-corrected chi connectivity index (χ3v) is 9.09. The van der Waals surface area contributed by atoms with Crippen LogP contribution in [-0.4, -0.2) is 18.0 Å². The molecule has 0 atom stereocenters. The van der Waals surface area contributed by atoms with E-state index in [0.29, 0.717) is 0 Å². The van der Waals surface area contributed by atoms with Gasteiger partial charge in [0.1, 0.15) is 0 Å². The fourth-order valence-electron chi connectivity index (χ4n) is 4.13. The predicted molar refractivity (Wildman–Crippen MR) is 127 cm³/mol. The van der Waals surface area contributed by atoms with Crippen molar-refractivity contribution in [2.75, 3.05) is 0 Å². The van der Waals surface area contributed by atoms with E-state index >= 15 is 0 Å². The van der Waals surface area contributed by atoms with Crippen LogP contribution in [-0.2, 0) is 26.5 Å². The summed E-state index contributed by atoms with van der Waals surface area (Å²) in [6.07, 6.45) is 6.31. The molecule has 0 amide bonds. The summed E-state index contributed by atoms with van der Waals surface area (Å²) < 4.78 is 0. The molecule has 0 spiro atoms. The maximum absolute atomic E-state index is 4.66. The Hall–Kier alpha value is -2.39. The van der Waals surface area contributed by atoms with Crippen LogP contribution >= 0.6 is 0 Å². The second-order valence-corrected chi connectivity index (χ2v) is 13.0.